The molecular weight excluding hydrogens is 330 g/mol. The number of benzene rings is 2. The molecule has 0 saturated carbocycles. The van der Waals surface area contributed by atoms with Gasteiger partial charge >= 0.3 is 0 Å². The number of nitrogens with zero attached hydrogens (tertiary/aromatic N) is 2. The van der Waals surface area contributed by atoms with Crippen LogP contribution in [0.4, 0.5) is 0 Å². The Labute approximate surface area is 160 Å². The molecule has 0 amide bonds. The molecule has 0 spiro atoms. The van der Waals surface area contributed by atoms with Crippen molar-refractivity contribution >= 4 is 5.65 Å². The molecule has 2 heterocycles. The predicted molar refractivity (Wildman–Crippen MR) is 112 cm³/mol. The summed E-state index contributed by atoms with van der Waals surface area (Å²) in [5.74, 6) is 0. The largest absolute Gasteiger partial charge is 0.307 e. The zero-order valence-electron chi connectivity index (χ0n) is 15.9. The average molecular weight is 355 g/mol. The molecule has 0 aliphatic rings. The zero-order chi connectivity index (χ0) is 18.6. The van der Waals surface area contributed by atoms with Crippen LogP contribution < -0.4 is 5.32 Å². The molecule has 0 radical (unpaired) electrons. The lowest BCUT2D eigenvalue weighted by Gasteiger charge is -2.10. The number of hydrogen-bond acceptors (Lipinski definition) is 2. The number of fused-ring (bicyclic) bond motifs is 1. The standard InChI is InChI=1S/C24H25N3/c1-3-19-11-13-20(14-12-19)24-22(27-15-7-6-10-23(27)26-24)17-25-16-21-9-5-4-8-18(21)2/h4-15,25H,3,16-17H2,1-2H3. The van der Waals surface area contributed by atoms with Crippen molar-refractivity contribution in [3.8, 4) is 11.3 Å². The van der Waals surface area contributed by atoms with Crippen LogP contribution in [0.1, 0.15) is 29.3 Å². The van der Waals surface area contributed by atoms with Gasteiger partial charge in [0.05, 0.1) is 11.4 Å². The number of pyridine rings is 1. The lowest BCUT2D eigenvalue weighted by atomic mass is 10.1. The molecule has 2 aromatic carbocycles. The van der Waals surface area contributed by atoms with Gasteiger partial charge in [-0.1, -0.05) is 61.5 Å². The topological polar surface area (TPSA) is 29.3 Å². The van der Waals surface area contributed by atoms with Crippen molar-refractivity contribution in [1.82, 2.24) is 14.7 Å². The Kier molecular flexibility index (Phi) is 5.03. The summed E-state index contributed by atoms with van der Waals surface area (Å²) in [5, 5.41) is 3.61. The van der Waals surface area contributed by atoms with Crippen LogP contribution in [0.15, 0.2) is 72.9 Å². The quantitative estimate of drug-likeness (QED) is 0.517. The highest BCUT2D eigenvalue weighted by atomic mass is 15.0. The van der Waals surface area contributed by atoms with Crippen molar-refractivity contribution in [3.05, 3.63) is 95.3 Å². The highest BCUT2D eigenvalue weighted by Gasteiger charge is 2.13. The fourth-order valence-corrected chi connectivity index (χ4v) is 3.47. The van der Waals surface area contributed by atoms with Crippen LogP contribution in [-0.2, 0) is 19.5 Å². The molecule has 3 nitrogen and oxygen atoms in total. The Bertz CT molecular complexity index is 1040. The van der Waals surface area contributed by atoms with Gasteiger partial charge in [-0.25, -0.2) is 4.98 Å². The number of rotatable bonds is 6. The van der Waals surface area contributed by atoms with Gasteiger partial charge in [0.15, 0.2) is 0 Å². The van der Waals surface area contributed by atoms with Crippen molar-refractivity contribution in [1.29, 1.82) is 0 Å². The SMILES string of the molecule is CCc1ccc(-c2nc3ccccn3c2CNCc2ccccc2C)cc1. The van der Waals surface area contributed by atoms with Crippen molar-refractivity contribution in [2.24, 2.45) is 0 Å². The fourth-order valence-electron chi connectivity index (χ4n) is 3.47. The lowest BCUT2D eigenvalue weighted by molar-refractivity contribution is 0.674. The van der Waals surface area contributed by atoms with E-state index in [0.29, 0.717) is 0 Å². The number of aryl methyl sites for hydroxylation is 2. The Morgan fingerprint density at radius 1 is 0.889 bits per heavy atom. The van der Waals surface area contributed by atoms with E-state index >= 15 is 0 Å². The van der Waals surface area contributed by atoms with Gasteiger partial charge in [0.1, 0.15) is 5.65 Å². The van der Waals surface area contributed by atoms with Crippen LogP contribution in [0.2, 0.25) is 0 Å². The maximum absolute atomic E-state index is 4.90. The third kappa shape index (κ3) is 3.64. The minimum absolute atomic E-state index is 0.768. The van der Waals surface area contributed by atoms with Gasteiger partial charge < -0.3 is 9.72 Å². The van der Waals surface area contributed by atoms with Crippen LogP contribution in [0.3, 0.4) is 0 Å². The van der Waals surface area contributed by atoms with E-state index in [1.165, 1.54) is 27.9 Å². The van der Waals surface area contributed by atoms with Crippen LogP contribution in [0, 0.1) is 6.92 Å². The van der Waals surface area contributed by atoms with E-state index in [1.807, 2.05) is 6.07 Å². The van der Waals surface area contributed by atoms with E-state index in [0.717, 1.165) is 30.9 Å². The molecule has 136 valence electrons. The molecule has 0 fully saturated rings. The first-order valence-electron chi connectivity index (χ1n) is 9.56. The summed E-state index contributed by atoms with van der Waals surface area (Å²) in [6.07, 6.45) is 3.15. The van der Waals surface area contributed by atoms with Gasteiger partial charge in [0.2, 0.25) is 0 Å². The third-order valence-electron chi connectivity index (χ3n) is 5.13. The molecule has 27 heavy (non-hydrogen) atoms. The molecule has 4 aromatic rings. The van der Waals surface area contributed by atoms with Gasteiger partial charge in [-0.2, -0.15) is 0 Å². The normalized spacial score (nSPS) is 11.2. The number of nitrogens with one attached hydrogen (secondary N) is 1. The number of imidazole rings is 1. The molecule has 1 N–H and O–H groups in total. The fraction of sp³-hybridized carbons (Fsp3) is 0.208. The molecule has 2 aromatic heterocycles. The lowest BCUT2D eigenvalue weighted by Crippen LogP contribution is -2.15. The maximum Gasteiger partial charge on any atom is 0.137 e. The summed E-state index contributed by atoms with van der Waals surface area (Å²) in [6, 6.07) is 23.5. The Balaban J connectivity index is 1.64. The number of aromatic nitrogens is 2. The minimum Gasteiger partial charge on any atom is -0.307 e. The highest BCUT2D eigenvalue weighted by molar-refractivity contribution is 5.66. The molecule has 3 heteroatoms. The van der Waals surface area contributed by atoms with Crippen LogP contribution in [0.25, 0.3) is 16.9 Å². The summed E-state index contributed by atoms with van der Waals surface area (Å²) in [7, 11) is 0. The Morgan fingerprint density at radius 2 is 1.67 bits per heavy atom. The molecule has 0 aliphatic heterocycles. The monoisotopic (exact) mass is 355 g/mol. The Morgan fingerprint density at radius 3 is 2.44 bits per heavy atom. The second-order valence-corrected chi connectivity index (χ2v) is 6.92. The smallest absolute Gasteiger partial charge is 0.137 e. The molecule has 0 saturated heterocycles. The van der Waals surface area contributed by atoms with E-state index < -0.39 is 0 Å². The summed E-state index contributed by atoms with van der Waals surface area (Å²) in [6.45, 7) is 5.96. The second kappa shape index (κ2) is 7.77. The zero-order valence-corrected chi connectivity index (χ0v) is 15.9. The summed E-state index contributed by atoms with van der Waals surface area (Å²) in [5.41, 5.74) is 8.41. The molecule has 0 atom stereocenters. The van der Waals surface area contributed by atoms with E-state index in [4.69, 9.17) is 4.98 Å². The molecule has 4 rings (SSSR count). The van der Waals surface area contributed by atoms with Crippen molar-refractivity contribution in [2.45, 2.75) is 33.4 Å². The Hall–Kier alpha value is -2.91. The first-order valence-corrected chi connectivity index (χ1v) is 9.56. The predicted octanol–water partition coefficient (Wildman–Crippen LogP) is 5.16. The number of hydrogen-bond donors (Lipinski definition) is 1. The van der Waals surface area contributed by atoms with Crippen molar-refractivity contribution in [2.75, 3.05) is 0 Å². The van der Waals surface area contributed by atoms with Gasteiger partial charge in [0, 0.05) is 24.8 Å². The van der Waals surface area contributed by atoms with E-state index in [9.17, 15) is 0 Å². The molecule has 0 bridgehead atoms. The minimum atomic E-state index is 0.768. The van der Waals surface area contributed by atoms with Gasteiger partial charge in [-0.15, -0.1) is 0 Å². The van der Waals surface area contributed by atoms with Crippen molar-refractivity contribution < 1.29 is 0 Å². The van der Waals surface area contributed by atoms with Crippen LogP contribution >= 0.6 is 0 Å². The molecule has 0 aliphatic carbocycles. The van der Waals surface area contributed by atoms with Crippen LogP contribution in [-0.4, -0.2) is 9.38 Å². The van der Waals surface area contributed by atoms with Crippen LogP contribution in [0.5, 0.6) is 0 Å². The summed E-state index contributed by atoms with van der Waals surface area (Å²) in [4.78, 5) is 4.90. The van der Waals surface area contributed by atoms with E-state index in [-0.39, 0.29) is 0 Å². The molecule has 0 unspecified atom stereocenters. The van der Waals surface area contributed by atoms with Crippen molar-refractivity contribution in [3.63, 3.8) is 0 Å². The third-order valence-corrected chi connectivity index (χ3v) is 5.13. The maximum atomic E-state index is 4.90. The first kappa shape index (κ1) is 17.5. The summed E-state index contributed by atoms with van der Waals surface area (Å²) >= 11 is 0. The van der Waals surface area contributed by atoms with Gasteiger partial charge in [-0.05, 0) is 42.2 Å². The van der Waals surface area contributed by atoms with E-state index in [2.05, 4.69) is 90.4 Å². The second-order valence-electron chi connectivity index (χ2n) is 6.92. The van der Waals surface area contributed by atoms with Gasteiger partial charge in [0.25, 0.3) is 0 Å². The highest BCUT2D eigenvalue weighted by Crippen LogP contribution is 2.25. The summed E-state index contributed by atoms with van der Waals surface area (Å²) < 4.78 is 2.19. The average Bonchev–Trinajstić information content (AvgIpc) is 3.08. The molecular formula is C24H25N3. The van der Waals surface area contributed by atoms with Gasteiger partial charge in [-0.3, -0.25) is 0 Å². The van der Waals surface area contributed by atoms with E-state index in [1.54, 1.807) is 0 Å². The first-order chi connectivity index (χ1) is 13.3.